The Hall–Kier alpha value is -3.02. The molecule has 6 nitrogen and oxygen atoms in total. The van der Waals surface area contributed by atoms with Crippen LogP contribution in [-0.4, -0.2) is 49.6 Å². The van der Waals surface area contributed by atoms with Gasteiger partial charge in [0.1, 0.15) is 11.5 Å². The summed E-state index contributed by atoms with van der Waals surface area (Å²) < 4.78 is 11.0. The van der Waals surface area contributed by atoms with Crippen LogP contribution in [0.3, 0.4) is 0 Å². The lowest BCUT2D eigenvalue weighted by atomic mass is 10.0. The third-order valence-corrected chi connectivity index (χ3v) is 5.24. The summed E-state index contributed by atoms with van der Waals surface area (Å²) in [6.45, 7) is 3.31. The van der Waals surface area contributed by atoms with Gasteiger partial charge in [0.25, 0.3) is 11.8 Å². The van der Waals surface area contributed by atoms with Gasteiger partial charge in [-0.25, -0.2) is 0 Å². The van der Waals surface area contributed by atoms with Gasteiger partial charge < -0.3 is 19.7 Å². The molecule has 1 aliphatic heterocycles. The number of likely N-dealkylation sites (tertiary alicyclic amines) is 1. The Bertz CT molecular complexity index is 844. The van der Waals surface area contributed by atoms with Crippen LogP contribution in [-0.2, 0) is 11.2 Å². The number of methoxy groups -OCH3 is 1. The molecule has 0 bridgehead atoms. The Morgan fingerprint density at radius 3 is 2.38 bits per heavy atom. The fraction of sp³-hybridized carbons (Fsp3) is 0.391. The minimum Gasteiger partial charge on any atom is -0.496 e. The van der Waals surface area contributed by atoms with Crippen LogP contribution in [0, 0.1) is 0 Å². The highest BCUT2D eigenvalue weighted by Crippen LogP contribution is 2.20. The van der Waals surface area contributed by atoms with E-state index in [2.05, 4.69) is 12.2 Å². The third kappa shape index (κ3) is 5.28. The average Bonchev–Trinajstić information content (AvgIpc) is 2.78. The quantitative estimate of drug-likeness (QED) is 0.781. The molecule has 2 amide bonds. The molecule has 1 saturated heterocycles. The predicted octanol–water partition coefficient (Wildman–Crippen LogP) is 3.06. The van der Waals surface area contributed by atoms with Gasteiger partial charge in [-0.05, 0) is 43.0 Å². The molecule has 29 heavy (non-hydrogen) atoms. The van der Waals surface area contributed by atoms with Crippen molar-refractivity contribution >= 4 is 11.8 Å². The van der Waals surface area contributed by atoms with E-state index in [0.29, 0.717) is 24.4 Å². The molecule has 0 saturated carbocycles. The number of para-hydroxylation sites is 2. The first-order valence-corrected chi connectivity index (χ1v) is 10.0. The van der Waals surface area contributed by atoms with E-state index >= 15 is 0 Å². The van der Waals surface area contributed by atoms with Crippen molar-refractivity contribution < 1.29 is 19.1 Å². The number of carbonyl (C=O) groups is 2. The van der Waals surface area contributed by atoms with Crippen molar-refractivity contribution in [3.8, 4) is 11.5 Å². The van der Waals surface area contributed by atoms with Gasteiger partial charge >= 0.3 is 0 Å². The molecule has 2 aromatic carbocycles. The number of amides is 2. The SMILES string of the molecule is CCc1ccccc1OCC(=O)N1CCC(NC(=O)c2ccccc2OC)CC1. The van der Waals surface area contributed by atoms with E-state index in [4.69, 9.17) is 9.47 Å². The number of piperidine rings is 1. The van der Waals surface area contributed by atoms with Gasteiger partial charge in [0, 0.05) is 19.1 Å². The van der Waals surface area contributed by atoms with Crippen molar-refractivity contribution in [1.29, 1.82) is 0 Å². The lowest BCUT2D eigenvalue weighted by Crippen LogP contribution is -2.47. The number of rotatable bonds is 7. The Morgan fingerprint density at radius 1 is 1.03 bits per heavy atom. The van der Waals surface area contributed by atoms with Gasteiger partial charge in [0.15, 0.2) is 6.61 Å². The molecule has 0 radical (unpaired) electrons. The maximum absolute atomic E-state index is 12.5. The largest absolute Gasteiger partial charge is 0.496 e. The molecule has 1 heterocycles. The van der Waals surface area contributed by atoms with Crippen molar-refractivity contribution in [2.75, 3.05) is 26.8 Å². The molecule has 0 unspecified atom stereocenters. The number of nitrogens with zero attached hydrogens (tertiary/aromatic N) is 1. The molecule has 0 spiro atoms. The molecule has 0 aromatic heterocycles. The number of hydrogen-bond donors (Lipinski definition) is 1. The maximum atomic E-state index is 12.5. The summed E-state index contributed by atoms with van der Waals surface area (Å²) in [6.07, 6.45) is 2.30. The average molecular weight is 396 g/mol. The Labute approximate surface area is 171 Å². The second kappa shape index (κ2) is 9.96. The minimum atomic E-state index is -0.147. The van der Waals surface area contributed by atoms with Gasteiger partial charge in [-0.1, -0.05) is 37.3 Å². The second-order valence-electron chi connectivity index (χ2n) is 7.08. The number of aryl methyl sites for hydroxylation is 1. The van der Waals surface area contributed by atoms with Gasteiger partial charge in [-0.3, -0.25) is 9.59 Å². The van der Waals surface area contributed by atoms with Crippen LogP contribution in [0.15, 0.2) is 48.5 Å². The number of hydrogen-bond acceptors (Lipinski definition) is 4. The van der Waals surface area contributed by atoms with Crippen molar-refractivity contribution in [2.45, 2.75) is 32.2 Å². The fourth-order valence-electron chi connectivity index (χ4n) is 3.54. The monoisotopic (exact) mass is 396 g/mol. The van der Waals surface area contributed by atoms with Crippen LogP contribution in [0.2, 0.25) is 0 Å². The first-order chi connectivity index (χ1) is 14.1. The van der Waals surface area contributed by atoms with Crippen molar-refractivity contribution in [3.05, 3.63) is 59.7 Å². The van der Waals surface area contributed by atoms with Crippen molar-refractivity contribution in [1.82, 2.24) is 10.2 Å². The van der Waals surface area contributed by atoms with E-state index in [0.717, 1.165) is 30.6 Å². The molecule has 0 atom stereocenters. The summed E-state index contributed by atoms with van der Waals surface area (Å²) in [6, 6.07) is 15.0. The van der Waals surface area contributed by atoms with E-state index in [-0.39, 0.29) is 24.5 Å². The van der Waals surface area contributed by atoms with Gasteiger partial charge in [0.05, 0.1) is 12.7 Å². The van der Waals surface area contributed by atoms with Crippen LogP contribution in [0.25, 0.3) is 0 Å². The molecular weight excluding hydrogens is 368 g/mol. The number of nitrogens with one attached hydrogen (secondary N) is 1. The highest BCUT2D eigenvalue weighted by Gasteiger charge is 2.25. The number of carbonyl (C=O) groups excluding carboxylic acids is 2. The molecule has 1 fully saturated rings. The molecule has 0 aliphatic carbocycles. The summed E-state index contributed by atoms with van der Waals surface area (Å²) in [5.74, 6) is 1.15. The van der Waals surface area contributed by atoms with E-state index in [1.807, 2.05) is 36.4 Å². The van der Waals surface area contributed by atoms with Crippen molar-refractivity contribution in [3.63, 3.8) is 0 Å². The lowest BCUT2D eigenvalue weighted by Gasteiger charge is -2.32. The topological polar surface area (TPSA) is 67.9 Å². The van der Waals surface area contributed by atoms with Crippen LogP contribution in [0.4, 0.5) is 0 Å². The number of benzene rings is 2. The molecular formula is C23H28N2O4. The second-order valence-corrected chi connectivity index (χ2v) is 7.08. The molecule has 6 heteroatoms. The molecule has 1 aliphatic rings. The third-order valence-electron chi connectivity index (χ3n) is 5.24. The molecule has 3 rings (SSSR count). The standard InChI is InChI=1S/C23H28N2O4/c1-3-17-8-4-6-10-20(17)29-16-22(26)25-14-12-18(13-15-25)24-23(27)19-9-5-7-11-21(19)28-2/h4-11,18H,3,12-16H2,1-2H3,(H,24,27). The summed E-state index contributed by atoms with van der Waals surface area (Å²) in [7, 11) is 1.55. The minimum absolute atomic E-state index is 0.0228. The molecule has 1 N–H and O–H groups in total. The number of ether oxygens (including phenoxy) is 2. The first kappa shape index (κ1) is 20.7. The normalized spacial score (nSPS) is 14.3. The van der Waals surface area contributed by atoms with Crippen LogP contribution in [0.5, 0.6) is 11.5 Å². The Balaban J connectivity index is 1.47. The van der Waals surface area contributed by atoms with E-state index in [1.165, 1.54) is 0 Å². The first-order valence-electron chi connectivity index (χ1n) is 10.0. The van der Waals surface area contributed by atoms with Crippen LogP contribution < -0.4 is 14.8 Å². The van der Waals surface area contributed by atoms with Crippen LogP contribution in [0.1, 0.15) is 35.7 Å². The zero-order chi connectivity index (χ0) is 20.6. The fourth-order valence-corrected chi connectivity index (χ4v) is 3.54. The summed E-state index contributed by atoms with van der Waals surface area (Å²) in [4.78, 5) is 26.8. The highest BCUT2D eigenvalue weighted by molar-refractivity contribution is 5.97. The van der Waals surface area contributed by atoms with Gasteiger partial charge in [-0.15, -0.1) is 0 Å². The van der Waals surface area contributed by atoms with Crippen LogP contribution >= 0.6 is 0 Å². The Morgan fingerprint density at radius 2 is 1.69 bits per heavy atom. The summed E-state index contributed by atoms with van der Waals surface area (Å²) >= 11 is 0. The molecule has 2 aromatic rings. The highest BCUT2D eigenvalue weighted by atomic mass is 16.5. The van der Waals surface area contributed by atoms with Crippen molar-refractivity contribution in [2.24, 2.45) is 0 Å². The van der Waals surface area contributed by atoms with Gasteiger partial charge in [0.2, 0.25) is 0 Å². The van der Waals surface area contributed by atoms with Gasteiger partial charge in [-0.2, -0.15) is 0 Å². The lowest BCUT2D eigenvalue weighted by molar-refractivity contribution is -0.134. The maximum Gasteiger partial charge on any atom is 0.260 e. The zero-order valence-corrected chi connectivity index (χ0v) is 17.0. The Kier molecular flexibility index (Phi) is 7.11. The summed E-state index contributed by atoms with van der Waals surface area (Å²) in [5.41, 5.74) is 1.62. The van der Waals surface area contributed by atoms with E-state index in [1.54, 1.807) is 24.1 Å². The van der Waals surface area contributed by atoms with E-state index in [9.17, 15) is 9.59 Å². The molecule has 154 valence electrons. The zero-order valence-electron chi connectivity index (χ0n) is 17.0. The smallest absolute Gasteiger partial charge is 0.260 e. The predicted molar refractivity (Wildman–Crippen MR) is 111 cm³/mol. The summed E-state index contributed by atoms with van der Waals surface area (Å²) in [5, 5.41) is 3.05. The van der Waals surface area contributed by atoms with E-state index < -0.39 is 0 Å².